The Morgan fingerprint density at radius 1 is 1.30 bits per heavy atom. The quantitative estimate of drug-likeness (QED) is 0.826. The molecule has 0 radical (unpaired) electrons. The summed E-state index contributed by atoms with van der Waals surface area (Å²) in [5.41, 5.74) is 1.17. The minimum atomic E-state index is 0.353. The highest BCUT2D eigenvalue weighted by molar-refractivity contribution is 5.58. The van der Waals surface area contributed by atoms with Gasteiger partial charge in [0, 0.05) is 31.6 Å². The molecule has 1 aliphatic rings. The number of nitrogens with zero attached hydrogens (tertiary/aromatic N) is 3. The Bertz CT molecular complexity index is 452. The number of nitrogens with one attached hydrogen (secondary N) is 1. The monoisotopic (exact) mass is 276 g/mol. The molecule has 2 rings (SSSR count). The van der Waals surface area contributed by atoms with Crippen molar-refractivity contribution in [3.05, 3.63) is 11.4 Å². The molecule has 0 unspecified atom stereocenters. The molecule has 1 fully saturated rings. The molecule has 1 aromatic heterocycles. The molecule has 1 aromatic rings. The van der Waals surface area contributed by atoms with E-state index in [1.165, 1.54) is 18.4 Å². The Balaban J connectivity index is 2.28. The summed E-state index contributed by atoms with van der Waals surface area (Å²) >= 11 is 0. The first kappa shape index (κ1) is 15.1. The fourth-order valence-corrected chi connectivity index (χ4v) is 2.34. The van der Waals surface area contributed by atoms with E-state index in [2.05, 4.69) is 45.0 Å². The summed E-state index contributed by atoms with van der Waals surface area (Å²) in [6.07, 6.45) is 3.84. The third-order valence-corrected chi connectivity index (χ3v) is 3.79. The van der Waals surface area contributed by atoms with Gasteiger partial charge in [-0.25, -0.2) is 9.97 Å². The van der Waals surface area contributed by atoms with Gasteiger partial charge in [0.25, 0.3) is 0 Å². The lowest BCUT2D eigenvalue weighted by Crippen LogP contribution is -2.24. The molecule has 1 saturated carbocycles. The molecule has 0 aliphatic heterocycles. The second-order valence-electron chi connectivity index (χ2n) is 6.28. The molecule has 0 atom stereocenters. The van der Waals surface area contributed by atoms with E-state index in [0.29, 0.717) is 5.92 Å². The van der Waals surface area contributed by atoms with E-state index < -0.39 is 0 Å². The van der Waals surface area contributed by atoms with Crippen LogP contribution in [0.4, 0.5) is 11.6 Å². The van der Waals surface area contributed by atoms with E-state index in [-0.39, 0.29) is 0 Å². The first-order chi connectivity index (χ1) is 9.52. The highest BCUT2D eigenvalue weighted by Gasteiger charge is 2.25. The van der Waals surface area contributed by atoms with Crippen molar-refractivity contribution in [2.75, 3.05) is 30.4 Å². The van der Waals surface area contributed by atoms with Gasteiger partial charge in [0.2, 0.25) is 0 Å². The average Bonchev–Trinajstić information content (AvgIpc) is 3.21. The van der Waals surface area contributed by atoms with Crippen molar-refractivity contribution in [1.29, 1.82) is 0 Å². The van der Waals surface area contributed by atoms with Gasteiger partial charge in [-0.3, -0.25) is 0 Å². The molecule has 0 saturated heterocycles. The van der Waals surface area contributed by atoms with Gasteiger partial charge in [0.1, 0.15) is 17.5 Å². The number of rotatable bonds is 7. The second kappa shape index (κ2) is 6.42. The van der Waals surface area contributed by atoms with Crippen molar-refractivity contribution >= 4 is 11.6 Å². The lowest BCUT2D eigenvalue weighted by atomic mass is 10.2. The zero-order chi connectivity index (χ0) is 14.7. The zero-order valence-electron chi connectivity index (χ0n) is 13.5. The van der Waals surface area contributed by atoms with Crippen LogP contribution in [0.5, 0.6) is 0 Å². The predicted octanol–water partition coefficient (Wildman–Crippen LogP) is 3.58. The topological polar surface area (TPSA) is 41.1 Å². The summed E-state index contributed by atoms with van der Waals surface area (Å²) in [5, 5.41) is 3.44. The molecule has 0 aromatic carbocycles. The van der Waals surface area contributed by atoms with Crippen molar-refractivity contribution < 1.29 is 0 Å². The normalized spacial score (nSPS) is 14.7. The third-order valence-electron chi connectivity index (χ3n) is 3.79. The third kappa shape index (κ3) is 3.62. The van der Waals surface area contributed by atoms with Crippen LogP contribution in [0.2, 0.25) is 0 Å². The van der Waals surface area contributed by atoms with E-state index in [9.17, 15) is 0 Å². The fraction of sp³-hybridized carbons (Fsp3) is 0.750. The Morgan fingerprint density at radius 2 is 2.00 bits per heavy atom. The molecule has 1 aliphatic carbocycles. The van der Waals surface area contributed by atoms with Gasteiger partial charge < -0.3 is 10.2 Å². The second-order valence-corrected chi connectivity index (χ2v) is 6.28. The van der Waals surface area contributed by atoms with Crippen molar-refractivity contribution in [2.45, 2.75) is 52.9 Å². The molecular formula is C16H28N4. The summed E-state index contributed by atoms with van der Waals surface area (Å²) < 4.78 is 0. The van der Waals surface area contributed by atoms with Crippen LogP contribution in [0.25, 0.3) is 0 Å². The summed E-state index contributed by atoms with van der Waals surface area (Å²) in [4.78, 5) is 11.8. The van der Waals surface area contributed by atoms with Crippen LogP contribution in [0.3, 0.4) is 0 Å². The van der Waals surface area contributed by atoms with Crippen LogP contribution >= 0.6 is 0 Å². The summed E-state index contributed by atoms with van der Waals surface area (Å²) in [6.45, 7) is 10.7. The molecule has 1 N–H and O–H groups in total. The van der Waals surface area contributed by atoms with Crippen LogP contribution < -0.4 is 10.2 Å². The molecule has 4 heteroatoms. The number of hydrogen-bond acceptors (Lipinski definition) is 4. The van der Waals surface area contributed by atoms with Crippen molar-refractivity contribution in [3.63, 3.8) is 0 Å². The lowest BCUT2D eigenvalue weighted by Gasteiger charge is -2.23. The smallest absolute Gasteiger partial charge is 0.137 e. The maximum atomic E-state index is 4.80. The summed E-state index contributed by atoms with van der Waals surface area (Å²) in [5.74, 6) is 4.25. The van der Waals surface area contributed by atoms with Gasteiger partial charge in [0.15, 0.2) is 0 Å². The van der Waals surface area contributed by atoms with E-state index in [4.69, 9.17) is 9.97 Å². The Hall–Kier alpha value is -1.32. The van der Waals surface area contributed by atoms with Gasteiger partial charge >= 0.3 is 0 Å². The summed E-state index contributed by atoms with van der Waals surface area (Å²) in [7, 11) is 2.15. The minimum absolute atomic E-state index is 0.353. The SMILES string of the molecule is CCCNc1nc(C(C)C)nc(N(C)CC2CC2)c1C. The average molecular weight is 276 g/mol. The molecule has 0 amide bonds. The van der Waals surface area contributed by atoms with Crippen LogP contribution in [0, 0.1) is 12.8 Å². The molecule has 112 valence electrons. The van der Waals surface area contributed by atoms with E-state index in [1.807, 2.05) is 0 Å². The molecule has 4 nitrogen and oxygen atoms in total. The van der Waals surface area contributed by atoms with Gasteiger partial charge in [-0.1, -0.05) is 20.8 Å². The van der Waals surface area contributed by atoms with Crippen LogP contribution in [-0.4, -0.2) is 30.1 Å². The maximum Gasteiger partial charge on any atom is 0.137 e. The minimum Gasteiger partial charge on any atom is -0.370 e. The number of anilines is 2. The fourth-order valence-electron chi connectivity index (χ4n) is 2.34. The zero-order valence-corrected chi connectivity index (χ0v) is 13.5. The van der Waals surface area contributed by atoms with Gasteiger partial charge in [-0.15, -0.1) is 0 Å². The standard InChI is InChI=1S/C16H28N4/c1-6-9-17-15-12(4)16(19-14(18-15)11(2)3)20(5)10-13-7-8-13/h11,13H,6-10H2,1-5H3,(H,17,18,19). The molecule has 1 heterocycles. The van der Waals surface area contributed by atoms with Crippen molar-refractivity contribution in [3.8, 4) is 0 Å². The lowest BCUT2D eigenvalue weighted by molar-refractivity contribution is 0.737. The van der Waals surface area contributed by atoms with Crippen LogP contribution in [0.1, 0.15) is 57.3 Å². The Labute approximate surface area is 123 Å². The van der Waals surface area contributed by atoms with E-state index in [1.54, 1.807) is 0 Å². The highest BCUT2D eigenvalue weighted by Crippen LogP contribution is 2.32. The molecule has 0 spiro atoms. The van der Waals surface area contributed by atoms with Gasteiger partial charge in [0.05, 0.1) is 0 Å². The maximum absolute atomic E-state index is 4.80. The van der Waals surface area contributed by atoms with Crippen LogP contribution in [0.15, 0.2) is 0 Å². The first-order valence-electron chi connectivity index (χ1n) is 7.86. The van der Waals surface area contributed by atoms with Crippen molar-refractivity contribution in [2.24, 2.45) is 5.92 Å². The Morgan fingerprint density at radius 3 is 2.55 bits per heavy atom. The van der Waals surface area contributed by atoms with Gasteiger partial charge in [-0.2, -0.15) is 0 Å². The molecule has 0 bridgehead atoms. The summed E-state index contributed by atoms with van der Waals surface area (Å²) in [6, 6.07) is 0. The van der Waals surface area contributed by atoms with E-state index >= 15 is 0 Å². The molecule has 20 heavy (non-hydrogen) atoms. The molecular weight excluding hydrogens is 248 g/mol. The number of aromatic nitrogens is 2. The van der Waals surface area contributed by atoms with E-state index in [0.717, 1.165) is 42.9 Å². The Kier molecular flexibility index (Phi) is 4.84. The largest absolute Gasteiger partial charge is 0.370 e. The van der Waals surface area contributed by atoms with Crippen LogP contribution in [-0.2, 0) is 0 Å². The number of hydrogen-bond donors (Lipinski definition) is 1. The van der Waals surface area contributed by atoms with Gasteiger partial charge in [-0.05, 0) is 32.1 Å². The van der Waals surface area contributed by atoms with Crippen molar-refractivity contribution in [1.82, 2.24) is 9.97 Å². The first-order valence-corrected chi connectivity index (χ1v) is 7.86. The highest BCUT2D eigenvalue weighted by atomic mass is 15.2. The predicted molar refractivity (Wildman–Crippen MR) is 85.6 cm³/mol.